The van der Waals surface area contributed by atoms with Crippen LogP contribution in [0.3, 0.4) is 0 Å². The van der Waals surface area contributed by atoms with E-state index in [1.807, 2.05) is 0 Å². The van der Waals surface area contributed by atoms with E-state index in [1.54, 1.807) is 0 Å². The minimum Gasteiger partial charge on any atom is -0.378 e. The van der Waals surface area contributed by atoms with E-state index in [2.05, 4.69) is 16.8 Å². The summed E-state index contributed by atoms with van der Waals surface area (Å²) >= 11 is 0. The summed E-state index contributed by atoms with van der Waals surface area (Å²) in [6.07, 6.45) is -3.01. The third-order valence-corrected chi connectivity index (χ3v) is 4.58. The van der Waals surface area contributed by atoms with E-state index in [0.717, 1.165) is 33.7 Å². The zero-order valence-corrected chi connectivity index (χ0v) is 18.3. The van der Waals surface area contributed by atoms with Crippen molar-refractivity contribution in [3.63, 3.8) is 0 Å². The monoisotopic (exact) mass is 477 g/mol. The Morgan fingerprint density at radius 3 is 2.47 bits per heavy atom. The molecule has 0 radical (unpaired) electrons. The topological polar surface area (TPSA) is 89.0 Å². The molecule has 0 aliphatic rings. The number of nitrogens with one attached hydrogen (secondary N) is 2. The van der Waals surface area contributed by atoms with Gasteiger partial charge in [-0.3, -0.25) is 15.4 Å². The highest BCUT2D eigenvalue weighted by molar-refractivity contribution is 5.97. The summed E-state index contributed by atoms with van der Waals surface area (Å²) in [4.78, 5) is 4.63. The summed E-state index contributed by atoms with van der Waals surface area (Å²) in [5.41, 5.74) is -2.34. The fraction of sp³-hybridized carbons (Fsp3) is 0.261. The molecule has 6 nitrogen and oxygen atoms in total. The standard InChI is InChI=1S/C23H20F5N5O/c1-12(29)33-17-5-4-16(25)20(28)19(17)21(31-22(33)30)32(11-18(26)27)15-9-13(8-14(24)10-15)6-7-23(2,3)34/h4-5,8-10,18,29-30,34H,11H2,1-3H3. The molecule has 2 aromatic carbocycles. The molecule has 0 amide bonds. The van der Waals surface area contributed by atoms with Crippen molar-refractivity contribution >= 4 is 28.2 Å². The van der Waals surface area contributed by atoms with Crippen molar-refractivity contribution in [1.82, 2.24) is 9.55 Å². The zero-order valence-electron chi connectivity index (χ0n) is 18.3. The van der Waals surface area contributed by atoms with Crippen molar-refractivity contribution < 1.29 is 27.1 Å². The van der Waals surface area contributed by atoms with Gasteiger partial charge in [-0.1, -0.05) is 11.8 Å². The molecule has 0 aliphatic heterocycles. The second kappa shape index (κ2) is 9.23. The third-order valence-electron chi connectivity index (χ3n) is 4.58. The first kappa shape index (κ1) is 24.9. The first-order valence-corrected chi connectivity index (χ1v) is 9.91. The second-order valence-corrected chi connectivity index (χ2v) is 7.94. The maximum absolute atomic E-state index is 15.0. The number of fused-ring (bicyclic) bond motifs is 1. The van der Waals surface area contributed by atoms with Crippen LogP contribution in [0.15, 0.2) is 30.3 Å². The molecular weight excluding hydrogens is 457 g/mol. The van der Waals surface area contributed by atoms with Gasteiger partial charge >= 0.3 is 0 Å². The molecule has 34 heavy (non-hydrogen) atoms. The van der Waals surface area contributed by atoms with Gasteiger partial charge in [-0.2, -0.15) is 4.98 Å². The highest BCUT2D eigenvalue weighted by Gasteiger charge is 2.25. The minimum atomic E-state index is -3.01. The molecule has 0 unspecified atom stereocenters. The number of nitrogens with zero attached hydrogens (tertiary/aromatic N) is 3. The van der Waals surface area contributed by atoms with Gasteiger partial charge in [-0.25, -0.2) is 22.0 Å². The van der Waals surface area contributed by atoms with Crippen LogP contribution in [0.25, 0.3) is 10.9 Å². The summed E-state index contributed by atoms with van der Waals surface area (Å²) in [5.74, 6) is 0.644. The third kappa shape index (κ3) is 5.23. The fourth-order valence-electron chi connectivity index (χ4n) is 3.27. The Morgan fingerprint density at radius 1 is 1.21 bits per heavy atom. The lowest BCUT2D eigenvalue weighted by Gasteiger charge is -2.26. The maximum Gasteiger partial charge on any atom is 0.256 e. The molecule has 0 saturated heterocycles. The molecule has 3 rings (SSSR count). The van der Waals surface area contributed by atoms with Crippen molar-refractivity contribution in [3.05, 3.63) is 59.0 Å². The van der Waals surface area contributed by atoms with E-state index in [9.17, 15) is 27.1 Å². The Morgan fingerprint density at radius 2 is 1.88 bits per heavy atom. The van der Waals surface area contributed by atoms with Gasteiger partial charge in [0.05, 0.1) is 17.4 Å². The van der Waals surface area contributed by atoms with Gasteiger partial charge < -0.3 is 10.0 Å². The number of halogens is 5. The molecule has 0 atom stereocenters. The predicted octanol–water partition coefficient (Wildman–Crippen LogP) is 4.30. The van der Waals surface area contributed by atoms with Crippen LogP contribution in [0, 0.1) is 40.1 Å². The molecule has 0 fully saturated rings. The van der Waals surface area contributed by atoms with E-state index < -0.39 is 52.8 Å². The molecule has 0 spiro atoms. The van der Waals surface area contributed by atoms with Crippen molar-refractivity contribution in [2.75, 3.05) is 11.4 Å². The zero-order chi connectivity index (χ0) is 25.4. The number of hydrogen-bond acceptors (Lipinski definition) is 5. The number of rotatable bonds is 4. The lowest BCUT2D eigenvalue weighted by Crippen LogP contribution is -2.33. The molecule has 0 aliphatic carbocycles. The van der Waals surface area contributed by atoms with Crippen LogP contribution < -0.4 is 10.5 Å². The number of alkyl halides is 2. The number of aliphatic hydroxyl groups is 1. The molecular formula is C23H20F5N5O. The van der Waals surface area contributed by atoms with Crippen LogP contribution in [-0.2, 0) is 0 Å². The van der Waals surface area contributed by atoms with Crippen LogP contribution in [-0.4, -0.2) is 39.1 Å². The lowest BCUT2D eigenvalue weighted by atomic mass is 10.1. The molecule has 3 aromatic rings. The first-order valence-electron chi connectivity index (χ1n) is 9.91. The highest BCUT2D eigenvalue weighted by Crippen LogP contribution is 2.33. The number of hydrogen-bond donors (Lipinski definition) is 3. The Bertz CT molecular complexity index is 1400. The van der Waals surface area contributed by atoms with Crippen LogP contribution >= 0.6 is 0 Å². The molecule has 0 bridgehead atoms. The Hall–Kier alpha value is -3.78. The minimum absolute atomic E-state index is 0.0276. The number of benzene rings is 2. The average Bonchev–Trinajstić information content (AvgIpc) is 2.71. The van der Waals surface area contributed by atoms with Gasteiger partial charge in [0.15, 0.2) is 11.6 Å². The predicted molar refractivity (Wildman–Crippen MR) is 117 cm³/mol. The van der Waals surface area contributed by atoms with Crippen molar-refractivity contribution in [3.8, 4) is 11.8 Å². The van der Waals surface area contributed by atoms with E-state index in [0.29, 0.717) is 0 Å². The van der Waals surface area contributed by atoms with Gasteiger partial charge in [0.1, 0.15) is 23.1 Å². The first-order chi connectivity index (χ1) is 15.8. The molecule has 0 saturated carbocycles. The summed E-state index contributed by atoms with van der Waals surface area (Å²) in [5, 5.41) is 25.3. The van der Waals surface area contributed by atoms with E-state index in [4.69, 9.17) is 10.8 Å². The molecule has 1 aromatic heterocycles. The Balaban J connectivity index is 2.37. The molecule has 1 heterocycles. The number of aromatic nitrogens is 2. The van der Waals surface area contributed by atoms with Crippen LogP contribution in [0.4, 0.5) is 33.5 Å². The molecule has 11 heteroatoms. The highest BCUT2D eigenvalue weighted by atomic mass is 19.3. The van der Waals surface area contributed by atoms with Crippen LogP contribution in [0.1, 0.15) is 26.3 Å². The number of anilines is 2. The summed E-state index contributed by atoms with van der Waals surface area (Å²) < 4.78 is 71.6. The summed E-state index contributed by atoms with van der Waals surface area (Å²) in [6.45, 7) is 3.00. The van der Waals surface area contributed by atoms with Gasteiger partial charge in [0.2, 0.25) is 5.62 Å². The van der Waals surface area contributed by atoms with E-state index in [-0.39, 0.29) is 22.6 Å². The Labute approximate surface area is 191 Å². The smallest absolute Gasteiger partial charge is 0.256 e. The van der Waals surface area contributed by atoms with Crippen molar-refractivity contribution in [1.29, 1.82) is 10.8 Å². The van der Waals surface area contributed by atoms with Gasteiger partial charge in [-0.15, -0.1) is 0 Å². The van der Waals surface area contributed by atoms with Gasteiger partial charge in [0, 0.05) is 11.3 Å². The van der Waals surface area contributed by atoms with Gasteiger partial charge in [-0.05, 0) is 51.1 Å². The molecule has 3 N–H and O–H groups in total. The van der Waals surface area contributed by atoms with Gasteiger partial charge in [0.25, 0.3) is 6.43 Å². The summed E-state index contributed by atoms with van der Waals surface area (Å²) in [7, 11) is 0. The fourth-order valence-corrected chi connectivity index (χ4v) is 3.27. The SMILES string of the molecule is CC(=N)n1c(=N)nc(N(CC(F)F)c2cc(F)cc(C#CC(C)(C)O)c2)c2c(F)c(F)ccc21. The van der Waals surface area contributed by atoms with Crippen LogP contribution in [0.5, 0.6) is 0 Å². The van der Waals surface area contributed by atoms with Crippen molar-refractivity contribution in [2.45, 2.75) is 32.8 Å². The maximum atomic E-state index is 15.0. The average molecular weight is 477 g/mol. The largest absolute Gasteiger partial charge is 0.378 e. The van der Waals surface area contributed by atoms with E-state index >= 15 is 0 Å². The second-order valence-electron chi connectivity index (χ2n) is 7.94. The van der Waals surface area contributed by atoms with Crippen molar-refractivity contribution in [2.24, 2.45) is 0 Å². The quantitative estimate of drug-likeness (QED) is 0.227. The molecule has 178 valence electrons. The lowest BCUT2D eigenvalue weighted by molar-refractivity contribution is 0.143. The summed E-state index contributed by atoms with van der Waals surface area (Å²) in [6, 6.07) is 5.00. The Kier molecular flexibility index (Phi) is 6.74. The van der Waals surface area contributed by atoms with Crippen LogP contribution in [0.2, 0.25) is 0 Å². The normalized spacial score (nSPS) is 11.5. The van der Waals surface area contributed by atoms with E-state index in [1.165, 1.54) is 26.8 Å².